The maximum atomic E-state index is 10.3. The van der Waals surface area contributed by atoms with E-state index in [1.807, 2.05) is 0 Å². The molecule has 0 aliphatic rings. The van der Waals surface area contributed by atoms with Crippen LogP contribution in [0.15, 0.2) is 12.4 Å². The number of carboxylic acids is 1. The molecule has 0 fully saturated rings. The molecule has 0 spiro atoms. The first-order chi connectivity index (χ1) is 6.09. The second-order valence-electron chi connectivity index (χ2n) is 2.47. The first kappa shape index (κ1) is 9.85. The van der Waals surface area contributed by atoms with E-state index in [1.54, 1.807) is 17.9 Å². The highest BCUT2D eigenvalue weighted by Gasteiger charge is 2.14. The van der Waals surface area contributed by atoms with Crippen molar-refractivity contribution >= 4 is 17.6 Å². The highest BCUT2D eigenvalue weighted by Crippen LogP contribution is 2.08. The summed E-state index contributed by atoms with van der Waals surface area (Å²) in [4.78, 5) is 10.3. The summed E-state index contributed by atoms with van der Waals surface area (Å²) < 4.78 is 6.61. The summed E-state index contributed by atoms with van der Waals surface area (Å²) in [7, 11) is 1.74. The van der Waals surface area contributed by atoms with Gasteiger partial charge < -0.3 is 9.84 Å². The Morgan fingerprint density at radius 3 is 3.08 bits per heavy atom. The summed E-state index contributed by atoms with van der Waals surface area (Å²) in [5.74, 6) is -0.583. The molecule has 0 saturated heterocycles. The lowest BCUT2D eigenvalue weighted by atomic mass is 10.4. The van der Waals surface area contributed by atoms with Crippen molar-refractivity contribution in [2.24, 2.45) is 7.05 Å². The Morgan fingerprint density at radius 1 is 1.92 bits per heavy atom. The number of hydrogen-bond donors (Lipinski definition) is 1. The lowest BCUT2D eigenvalue weighted by Crippen LogP contribution is -2.21. The third kappa shape index (κ3) is 2.95. The molecule has 1 heterocycles. The van der Waals surface area contributed by atoms with Gasteiger partial charge >= 0.3 is 5.97 Å². The van der Waals surface area contributed by atoms with Crippen LogP contribution >= 0.6 is 11.6 Å². The van der Waals surface area contributed by atoms with Crippen molar-refractivity contribution in [3.05, 3.63) is 12.4 Å². The van der Waals surface area contributed by atoms with E-state index in [2.05, 4.69) is 5.10 Å². The van der Waals surface area contributed by atoms with Crippen LogP contribution in [0.25, 0.3) is 0 Å². The normalized spacial score (nSPS) is 12.5. The highest BCUT2D eigenvalue weighted by molar-refractivity contribution is 6.29. The molecule has 1 atom stereocenters. The van der Waals surface area contributed by atoms with Gasteiger partial charge in [-0.15, -0.1) is 11.6 Å². The van der Waals surface area contributed by atoms with E-state index in [9.17, 15) is 4.79 Å². The van der Waals surface area contributed by atoms with Crippen LogP contribution in [0.5, 0.6) is 5.75 Å². The van der Waals surface area contributed by atoms with Gasteiger partial charge in [0.2, 0.25) is 0 Å². The first-order valence-electron chi connectivity index (χ1n) is 3.58. The molecule has 0 amide bonds. The van der Waals surface area contributed by atoms with Gasteiger partial charge in [0.15, 0.2) is 11.1 Å². The largest absolute Gasteiger partial charge is 0.488 e. The van der Waals surface area contributed by atoms with Crippen LogP contribution in [0.3, 0.4) is 0 Å². The predicted octanol–water partition coefficient (Wildman–Crippen LogP) is 0.491. The molecule has 6 heteroatoms. The molecule has 1 N–H and O–H groups in total. The van der Waals surface area contributed by atoms with Crippen LogP contribution < -0.4 is 4.74 Å². The molecular weight excluding hydrogens is 196 g/mol. The topological polar surface area (TPSA) is 64.3 Å². The van der Waals surface area contributed by atoms with E-state index in [0.29, 0.717) is 5.75 Å². The van der Waals surface area contributed by atoms with Crippen molar-refractivity contribution < 1.29 is 14.6 Å². The summed E-state index contributed by atoms with van der Waals surface area (Å²) in [6.07, 6.45) is 3.12. The molecule has 1 rings (SSSR count). The maximum Gasteiger partial charge on any atom is 0.325 e. The molecule has 0 bridgehead atoms. The first-order valence-corrected chi connectivity index (χ1v) is 4.01. The van der Waals surface area contributed by atoms with Gasteiger partial charge in [0.25, 0.3) is 0 Å². The summed E-state index contributed by atoms with van der Waals surface area (Å²) in [5, 5.41) is 11.2. The standard InChI is InChI=1S/C7H9ClN2O3/c1-10-3-5(2-9-10)13-4-6(8)7(11)12/h2-3,6H,4H2,1H3,(H,11,12). The minimum Gasteiger partial charge on any atom is -0.488 e. The van der Waals surface area contributed by atoms with Crippen LogP contribution in [-0.2, 0) is 11.8 Å². The van der Waals surface area contributed by atoms with E-state index in [0.717, 1.165) is 0 Å². The minimum absolute atomic E-state index is 0.0669. The van der Waals surface area contributed by atoms with Crippen molar-refractivity contribution in [2.45, 2.75) is 5.38 Å². The lowest BCUT2D eigenvalue weighted by Gasteiger charge is -2.04. The number of rotatable bonds is 4. The SMILES string of the molecule is Cn1cc(OCC(Cl)C(=O)O)cn1. The predicted molar refractivity (Wildman–Crippen MR) is 46.0 cm³/mol. The average molecular weight is 205 g/mol. The van der Waals surface area contributed by atoms with Gasteiger partial charge in [0.05, 0.1) is 12.4 Å². The smallest absolute Gasteiger partial charge is 0.325 e. The summed E-state index contributed by atoms with van der Waals surface area (Å²) in [6.45, 7) is -0.0669. The summed E-state index contributed by atoms with van der Waals surface area (Å²) >= 11 is 5.42. The average Bonchev–Trinajstić information content (AvgIpc) is 2.47. The van der Waals surface area contributed by atoms with Crippen LogP contribution in [-0.4, -0.2) is 32.8 Å². The van der Waals surface area contributed by atoms with E-state index >= 15 is 0 Å². The van der Waals surface area contributed by atoms with Crippen molar-refractivity contribution in [1.82, 2.24) is 9.78 Å². The molecule has 72 valence electrons. The number of hydrogen-bond acceptors (Lipinski definition) is 3. The number of ether oxygens (including phenoxy) is 1. The van der Waals surface area contributed by atoms with Gasteiger partial charge in [0, 0.05) is 7.05 Å². The molecule has 5 nitrogen and oxygen atoms in total. The van der Waals surface area contributed by atoms with Crippen LogP contribution in [0.4, 0.5) is 0 Å². The zero-order valence-corrected chi connectivity index (χ0v) is 7.73. The summed E-state index contributed by atoms with van der Waals surface area (Å²) in [5.41, 5.74) is 0. The zero-order chi connectivity index (χ0) is 9.84. The van der Waals surface area contributed by atoms with E-state index in [-0.39, 0.29) is 6.61 Å². The third-order valence-corrected chi connectivity index (χ3v) is 1.66. The van der Waals surface area contributed by atoms with Crippen LogP contribution in [0.1, 0.15) is 0 Å². The molecule has 0 aromatic carbocycles. The lowest BCUT2D eigenvalue weighted by molar-refractivity contribution is -0.137. The fraction of sp³-hybridized carbons (Fsp3) is 0.429. The van der Waals surface area contributed by atoms with Crippen molar-refractivity contribution in [3.63, 3.8) is 0 Å². The summed E-state index contributed by atoms with van der Waals surface area (Å²) in [6, 6.07) is 0. The Kier molecular flexibility index (Phi) is 3.13. The van der Waals surface area contributed by atoms with Gasteiger partial charge in [0.1, 0.15) is 6.61 Å². The van der Waals surface area contributed by atoms with Crippen LogP contribution in [0, 0.1) is 0 Å². The molecule has 1 aromatic rings. The zero-order valence-electron chi connectivity index (χ0n) is 6.98. The molecule has 1 aromatic heterocycles. The Labute approximate surface area is 79.9 Å². The van der Waals surface area contributed by atoms with Crippen LogP contribution in [0.2, 0.25) is 0 Å². The van der Waals surface area contributed by atoms with E-state index < -0.39 is 11.3 Å². The molecular formula is C7H9ClN2O3. The second kappa shape index (κ2) is 4.13. The third-order valence-electron chi connectivity index (χ3n) is 1.35. The number of nitrogens with zero attached hydrogens (tertiary/aromatic N) is 2. The Morgan fingerprint density at radius 2 is 2.62 bits per heavy atom. The van der Waals surface area contributed by atoms with Gasteiger partial charge in [-0.25, -0.2) is 0 Å². The number of aromatic nitrogens is 2. The fourth-order valence-corrected chi connectivity index (χ4v) is 0.777. The number of alkyl halides is 1. The number of aliphatic carboxylic acids is 1. The van der Waals surface area contributed by atoms with Gasteiger partial charge in [-0.3, -0.25) is 9.48 Å². The Hall–Kier alpha value is -1.23. The number of carboxylic acid groups (broad SMARTS) is 1. The quantitative estimate of drug-likeness (QED) is 0.725. The molecule has 13 heavy (non-hydrogen) atoms. The molecule has 1 unspecified atom stereocenters. The molecule has 0 saturated carbocycles. The number of carbonyl (C=O) groups is 1. The second-order valence-corrected chi connectivity index (χ2v) is 2.99. The number of aryl methyl sites for hydroxylation is 1. The Balaban J connectivity index is 2.39. The Bertz CT molecular complexity index is 300. The van der Waals surface area contributed by atoms with Crippen molar-refractivity contribution in [3.8, 4) is 5.75 Å². The number of halogens is 1. The maximum absolute atomic E-state index is 10.3. The van der Waals surface area contributed by atoms with Crippen molar-refractivity contribution in [1.29, 1.82) is 0 Å². The van der Waals surface area contributed by atoms with Gasteiger partial charge in [-0.1, -0.05) is 0 Å². The monoisotopic (exact) mass is 204 g/mol. The molecule has 0 aliphatic heterocycles. The van der Waals surface area contributed by atoms with E-state index in [4.69, 9.17) is 21.4 Å². The fourth-order valence-electron chi connectivity index (χ4n) is 0.714. The molecule has 0 aliphatic carbocycles. The highest BCUT2D eigenvalue weighted by atomic mass is 35.5. The van der Waals surface area contributed by atoms with Gasteiger partial charge in [-0.05, 0) is 0 Å². The van der Waals surface area contributed by atoms with E-state index in [1.165, 1.54) is 6.20 Å². The minimum atomic E-state index is -1.09. The van der Waals surface area contributed by atoms with Crippen molar-refractivity contribution in [2.75, 3.05) is 6.61 Å². The van der Waals surface area contributed by atoms with Gasteiger partial charge in [-0.2, -0.15) is 5.10 Å². The molecule has 0 radical (unpaired) electrons.